The van der Waals surface area contributed by atoms with Gasteiger partial charge in [0.25, 0.3) is 0 Å². The van der Waals surface area contributed by atoms with Crippen LogP contribution in [0.2, 0.25) is 5.02 Å². The van der Waals surface area contributed by atoms with Gasteiger partial charge < -0.3 is 4.74 Å². The lowest BCUT2D eigenvalue weighted by Gasteiger charge is -2.08. The predicted octanol–water partition coefficient (Wildman–Crippen LogP) is 3.35. The van der Waals surface area contributed by atoms with E-state index in [0.717, 1.165) is 0 Å². The van der Waals surface area contributed by atoms with Crippen molar-refractivity contribution in [1.82, 2.24) is 0 Å². The number of ether oxygens (including phenoxy) is 1. The van der Waals surface area contributed by atoms with Crippen LogP contribution in [0.15, 0.2) is 42.5 Å². The van der Waals surface area contributed by atoms with Crippen molar-refractivity contribution >= 4 is 17.4 Å². The molecular weight excluding hydrogens is 288 g/mol. The second-order valence-electron chi connectivity index (χ2n) is 4.13. The molecule has 0 bridgehead atoms. The van der Waals surface area contributed by atoms with E-state index >= 15 is 0 Å². The number of hydrogen-bond donors (Lipinski definition) is 0. The first-order valence-electron chi connectivity index (χ1n) is 6.00. The molecule has 4 nitrogen and oxygen atoms in total. The predicted molar refractivity (Wildman–Crippen MR) is 77.1 cm³/mol. The Labute approximate surface area is 126 Å². The van der Waals surface area contributed by atoms with Crippen LogP contribution in [0.25, 0.3) is 0 Å². The molecule has 0 radical (unpaired) electrons. The van der Waals surface area contributed by atoms with Crippen LogP contribution >= 0.6 is 11.6 Å². The van der Waals surface area contributed by atoms with E-state index in [2.05, 4.69) is 0 Å². The number of carbonyl (C=O) groups is 1. The van der Waals surface area contributed by atoms with Gasteiger partial charge in [0.05, 0.1) is 16.7 Å². The Morgan fingerprint density at radius 3 is 2.43 bits per heavy atom. The number of Topliss-reactive ketones (excluding diaryl/α,β-unsaturated/α-hetero) is 1. The maximum absolute atomic E-state index is 12.0. The first kappa shape index (κ1) is 14.6. The lowest BCUT2D eigenvalue weighted by molar-refractivity contribution is 0.0921. The zero-order valence-corrected chi connectivity index (χ0v) is 11.6. The Morgan fingerprint density at radius 2 is 1.81 bits per heavy atom. The molecule has 2 aromatic rings. The molecule has 0 N–H and O–H groups in total. The van der Waals surface area contributed by atoms with Crippen LogP contribution < -0.4 is 4.74 Å². The number of hydrogen-bond acceptors (Lipinski definition) is 4. The normalized spacial score (nSPS) is 9.48. The van der Waals surface area contributed by atoms with E-state index in [-0.39, 0.29) is 28.7 Å². The summed E-state index contributed by atoms with van der Waals surface area (Å²) >= 11 is 5.88. The number of rotatable bonds is 4. The molecule has 2 rings (SSSR count). The maximum atomic E-state index is 12.0. The summed E-state index contributed by atoms with van der Waals surface area (Å²) in [5.74, 6) is 0.0235. The average Bonchev–Trinajstić information content (AvgIpc) is 2.52. The standard InChI is InChI=1S/C16H9ClN2O2/c17-14-2-1-3-16(13(14)9-19)21-10-15(20)12-6-4-11(8-18)5-7-12/h1-7H,10H2. The van der Waals surface area contributed by atoms with Crippen LogP contribution in [0, 0.1) is 22.7 Å². The fourth-order valence-electron chi connectivity index (χ4n) is 1.69. The number of nitrogens with zero attached hydrogens (tertiary/aromatic N) is 2. The van der Waals surface area contributed by atoms with Crippen molar-refractivity contribution in [3.8, 4) is 17.9 Å². The topological polar surface area (TPSA) is 73.9 Å². The summed E-state index contributed by atoms with van der Waals surface area (Å²) in [6.07, 6.45) is 0. The summed E-state index contributed by atoms with van der Waals surface area (Å²) in [5, 5.41) is 18.0. The van der Waals surface area contributed by atoms with Crippen LogP contribution in [-0.2, 0) is 0 Å². The van der Waals surface area contributed by atoms with Crippen molar-refractivity contribution in [2.24, 2.45) is 0 Å². The van der Waals surface area contributed by atoms with E-state index in [1.807, 2.05) is 12.1 Å². The van der Waals surface area contributed by atoms with Gasteiger partial charge in [-0.1, -0.05) is 17.7 Å². The van der Waals surface area contributed by atoms with Crippen LogP contribution in [0.4, 0.5) is 0 Å². The van der Waals surface area contributed by atoms with Crippen LogP contribution in [-0.4, -0.2) is 12.4 Å². The minimum absolute atomic E-state index is 0.201. The Hall–Kier alpha value is -2.82. The molecule has 102 valence electrons. The van der Waals surface area contributed by atoms with E-state index in [1.165, 1.54) is 0 Å². The third kappa shape index (κ3) is 3.39. The number of halogens is 1. The quantitative estimate of drug-likeness (QED) is 0.811. The van der Waals surface area contributed by atoms with Crippen molar-refractivity contribution < 1.29 is 9.53 Å². The van der Waals surface area contributed by atoms with Crippen LogP contribution in [0.5, 0.6) is 5.75 Å². The zero-order valence-electron chi connectivity index (χ0n) is 10.8. The highest BCUT2D eigenvalue weighted by molar-refractivity contribution is 6.31. The Bertz CT molecular complexity index is 755. The first-order chi connectivity index (χ1) is 10.2. The largest absolute Gasteiger partial charge is 0.484 e. The summed E-state index contributed by atoms with van der Waals surface area (Å²) in [6, 6.07) is 15.0. The number of carbonyl (C=O) groups excluding carboxylic acids is 1. The summed E-state index contributed by atoms with van der Waals surface area (Å²) in [4.78, 5) is 12.0. The van der Waals surface area contributed by atoms with Gasteiger partial charge in [-0.3, -0.25) is 4.79 Å². The van der Waals surface area contributed by atoms with Gasteiger partial charge in [-0.25, -0.2) is 0 Å². The number of benzene rings is 2. The fourth-order valence-corrected chi connectivity index (χ4v) is 1.90. The van der Waals surface area contributed by atoms with Crippen molar-refractivity contribution in [2.75, 3.05) is 6.61 Å². The minimum Gasteiger partial charge on any atom is -0.484 e. The Kier molecular flexibility index (Phi) is 4.56. The highest BCUT2D eigenvalue weighted by Gasteiger charge is 2.11. The zero-order chi connectivity index (χ0) is 15.2. The van der Waals surface area contributed by atoms with E-state index in [4.69, 9.17) is 26.9 Å². The van der Waals surface area contributed by atoms with E-state index in [0.29, 0.717) is 11.1 Å². The molecule has 0 heterocycles. The van der Waals surface area contributed by atoms with Crippen molar-refractivity contribution in [3.63, 3.8) is 0 Å². The summed E-state index contributed by atoms with van der Waals surface area (Å²) in [7, 11) is 0. The van der Waals surface area contributed by atoms with Gasteiger partial charge in [0, 0.05) is 5.56 Å². The lowest BCUT2D eigenvalue weighted by Crippen LogP contribution is -2.12. The molecule has 0 aromatic heterocycles. The molecule has 21 heavy (non-hydrogen) atoms. The third-order valence-corrected chi connectivity index (χ3v) is 3.10. The molecule has 0 amide bonds. The molecule has 0 aliphatic carbocycles. The molecule has 0 aliphatic heterocycles. The van der Waals surface area contributed by atoms with Gasteiger partial charge in [-0.05, 0) is 36.4 Å². The smallest absolute Gasteiger partial charge is 0.200 e. The first-order valence-corrected chi connectivity index (χ1v) is 6.38. The molecular formula is C16H9ClN2O2. The molecule has 0 spiro atoms. The lowest BCUT2D eigenvalue weighted by atomic mass is 10.1. The number of nitriles is 2. The van der Waals surface area contributed by atoms with Crippen LogP contribution in [0.3, 0.4) is 0 Å². The molecule has 0 aliphatic rings. The average molecular weight is 297 g/mol. The number of ketones is 1. The fraction of sp³-hybridized carbons (Fsp3) is 0.0625. The Balaban J connectivity index is 2.10. The second kappa shape index (κ2) is 6.56. The maximum Gasteiger partial charge on any atom is 0.200 e. The van der Waals surface area contributed by atoms with E-state index in [1.54, 1.807) is 42.5 Å². The van der Waals surface area contributed by atoms with Gasteiger partial charge in [0.2, 0.25) is 0 Å². The molecule has 0 saturated heterocycles. The van der Waals surface area contributed by atoms with Gasteiger partial charge >= 0.3 is 0 Å². The Morgan fingerprint density at radius 1 is 1.10 bits per heavy atom. The summed E-state index contributed by atoms with van der Waals surface area (Å²) < 4.78 is 5.36. The minimum atomic E-state index is -0.247. The summed E-state index contributed by atoms with van der Waals surface area (Å²) in [6.45, 7) is -0.207. The molecule has 0 fully saturated rings. The van der Waals surface area contributed by atoms with E-state index < -0.39 is 0 Å². The van der Waals surface area contributed by atoms with Crippen molar-refractivity contribution in [1.29, 1.82) is 10.5 Å². The van der Waals surface area contributed by atoms with Gasteiger partial charge in [-0.2, -0.15) is 10.5 Å². The molecule has 0 unspecified atom stereocenters. The second-order valence-corrected chi connectivity index (χ2v) is 4.53. The molecule has 0 saturated carbocycles. The third-order valence-electron chi connectivity index (χ3n) is 2.78. The molecule has 0 atom stereocenters. The highest BCUT2D eigenvalue weighted by Crippen LogP contribution is 2.25. The van der Waals surface area contributed by atoms with Gasteiger partial charge in [0.1, 0.15) is 17.4 Å². The van der Waals surface area contributed by atoms with E-state index in [9.17, 15) is 4.79 Å². The van der Waals surface area contributed by atoms with Gasteiger partial charge in [0.15, 0.2) is 12.4 Å². The van der Waals surface area contributed by atoms with Gasteiger partial charge in [-0.15, -0.1) is 0 Å². The monoisotopic (exact) mass is 296 g/mol. The van der Waals surface area contributed by atoms with Crippen molar-refractivity contribution in [2.45, 2.75) is 0 Å². The SMILES string of the molecule is N#Cc1ccc(C(=O)COc2cccc(Cl)c2C#N)cc1. The highest BCUT2D eigenvalue weighted by atomic mass is 35.5. The van der Waals surface area contributed by atoms with Crippen molar-refractivity contribution in [3.05, 3.63) is 64.2 Å². The molecule has 5 heteroatoms. The summed E-state index contributed by atoms with van der Waals surface area (Å²) in [5.41, 5.74) is 1.12. The van der Waals surface area contributed by atoms with Crippen LogP contribution in [0.1, 0.15) is 21.5 Å². The molecule has 2 aromatic carbocycles.